The van der Waals surface area contributed by atoms with Crippen molar-refractivity contribution >= 4 is 19.6 Å². The molecule has 2 aliphatic rings. The van der Waals surface area contributed by atoms with Gasteiger partial charge in [-0.25, -0.2) is 0 Å². The summed E-state index contributed by atoms with van der Waals surface area (Å²) in [5.41, 5.74) is 1.34. The molecule has 0 N–H and O–H groups in total. The minimum absolute atomic E-state index is 0.337. The monoisotopic (exact) mass is 177 g/mol. The predicted molar refractivity (Wildman–Crippen MR) is 40.4 cm³/mol. The first kappa shape index (κ1) is 5.43. The van der Waals surface area contributed by atoms with Crippen LogP contribution in [0.4, 0.5) is 0 Å². The molecule has 0 unspecified atom stereocenters. The van der Waals surface area contributed by atoms with E-state index in [1.165, 1.54) is 14.2 Å². The van der Waals surface area contributed by atoms with Gasteiger partial charge in [-0.05, 0) is 0 Å². The van der Waals surface area contributed by atoms with Crippen molar-refractivity contribution in [1.29, 1.82) is 0 Å². The number of rotatable bonds is 0. The summed E-state index contributed by atoms with van der Waals surface area (Å²) in [6.07, 6.45) is 9.79. The van der Waals surface area contributed by atoms with Crippen LogP contribution >= 0.6 is 0 Å². The standard InChI is InChI=1S/C8H6As/c1-6-5-7-3-2-4-8(7)9-6/h2-4H,1H3. The molecule has 2 rings (SSSR count). The Morgan fingerprint density at radius 3 is 3.22 bits per heavy atom. The van der Waals surface area contributed by atoms with Gasteiger partial charge in [-0.3, -0.25) is 0 Å². The van der Waals surface area contributed by atoms with Gasteiger partial charge in [0.25, 0.3) is 0 Å². The Morgan fingerprint density at radius 2 is 2.44 bits per heavy atom. The van der Waals surface area contributed by atoms with E-state index in [1.54, 1.807) is 0 Å². The van der Waals surface area contributed by atoms with Crippen molar-refractivity contribution in [1.82, 2.24) is 0 Å². The summed E-state index contributed by atoms with van der Waals surface area (Å²) < 4.78 is 2.99. The first-order chi connectivity index (χ1) is 4.36. The summed E-state index contributed by atoms with van der Waals surface area (Å²) in [6.45, 7) is 2.17. The molecule has 0 saturated carbocycles. The topological polar surface area (TPSA) is 0 Å². The van der Waals surface area contributed by atoms with E-state index >= 15 is 0 Å². The van der Waals surface area contributed by atoms with E-state index in [1.807, 2.05) is 0 Å². The van der Waals surface area contributed by atoms with Crippen molar-refractivity contribution in [3.05, 3.63) is 34.2 Å². The maximum absolute atomic E-state index is 3.34. The summed E-state index contributed by atoms with van der Waals surface area (Å²) in [4.78, 5) is 0. The molecule has 1 aliphatic carbocycles. The number of hydrogen-bond acceptors (Lipinski definition) is 0. The Kier molecular flexibility index (Phi) is 1.10. The molecule has 0 aromatic heterocycles. The fraction of sp³-hybridized carbons (Fsp3) is 0.125. The van der Waals surface area contributed by atoms with Gasteiger partial charge in [0.15, 0.2) is 0 Å². The van der Waals surface area contributed by atoms with Crippen LogP contribution in [0.1, 0.15) is 6.92 Å². The molecule has 0 spiro atoms. The minimum atomic E-state index is 0.337. The van der Waals surface area contributed by atoms with Crippen molar-refractivity contribution < 1.29 is 0 Å². The Bertz CT molecular complexity index is 264. The third-order valence-corrected chi connectivity index (χ3v) is 3.66. The summed E-state index contributed by atoms with van der Waals surface area (Å²) in [5.74, 6) is 0. The fourth-order valence-electron chi connectivity index (χ4n) is 1.02. The Morgan fingerprint density at radius 1 is 1.56 bits per heavy atom. The fourth-order valence-corrected chi connectivity index (χ4v) is 3.01. The maximum atomic E-state index is 3.34. The zero-order valence-electron chi connectivity index (χ0n) is 5.18. The van der Waals surface area contributed by atoms with E-state index < -0.39 is 0 Å². The predicted octanol–water partition coefficient (Wildman–Crippen LogP) is 1.08. The molecule has 0 nitrogen and oxygen atoms in total. The average Bonchev–Trinajstić information content (AvgIpc) is 2.22. The van der Waals surface area contributed by atoms with Crippen molar-refractivity contribution in [2.75, 3.05) is 0 Å². The first-order valence-electron chi connectivity index (χ1n) is 2.94. The van der Waals surface area contributed by atoms with Gasteiger partial charge in [0, 0.05) is 0 Å². The summed E-state index contributed by atoms with van der Waals surface area (Å²) >= 11 is 0.337. The van der Waals surface area contributed by atoms with Crippen LogP contribution in [0.3, 0.4) is 0 Å². The van der Waals surface area contributed by atoms with Crippen LogP contribution in [0.2, 0.25) is 0 Å². The molecule has 1 heteroatoms. The SMILES string of the molecule is CC1=[C]C2=CC=CC2=[As]1. The zero-order valence-corrected chi connectivity index (χ0v) is 7.06. The third-order valence-electron chi connectivity index (χ3n) is 1.40. The quantitative estimate of drug-likeness (QED) is 0.485. The van der Waals surface area contributed by atoms with Gasteiger partial charge in [-0.15, -0.1) is 0 Å². The van der Waals surface area contributed by atoms with E-state index in [-0.39, 0.29) is 0 Å². The van der Waals surface area contributed by atoms with Crippen molar-refractivity contribution in [2.45, 2.75) is 6.92 Å². The Balaban J connectivity index is 2.53. The molecule has 0 fully saturated rings. The third kappa shape index (κ3) is 0.783. The number of fused-ring (bicyclic) bond motifs is 1. The number of hydrogen-bond donors (Lipinski definition) is 0. The van der Waals surface area contributed by atoms with E-state index in [9.17, 15) is 0 Å². The molecule has 9 heavy (non-hydrogen) atoms. The normalized spacial score (nSPS) is 23.0. The molecule has 1 aliphatic heterocycles. The average molecular weight is 177 g/mol. The van der Waals surface area contributed by atoms with Crippen LogP contribution in [0.5, 0.6) is 0 Å². The van der Waals surface area contributed by atoms with Crippen LogP contribution in [-0.4, -0.2) is 19.6 Å². The first-order valence-corrected chi connectivity index (χ1v) is 4.82. The Hall–Kier alpha value is -0.352. The molecule has 1 radical (unpaired) electrons. The van der Waals surface area contributed by atoms with Gasteiger partial charge in [-0.1, -0.05) is 0 Å². The van der Waals surface area contributed by atoms with Crippen molar-refractivity contribution in [3.8, 4) is 0 Å². The molecule has 0 atom stereocenters. The van der Waals surface area contributed by atoms with E-state index in [4.69, 9.17) is 0 Å². The van der Waals surface area contributed by atoms with Crippen molar-refractivity contribution in [3.63, 3.8) is 0 Å². The van der Waals surface area contributed by atoms with Crippen molar-refractivity contribution in [2.24, 2.45) is 0 Å². The second-order valence-corrected chi connectivity index (χ2v) is 5.03. The Labute approximate surface area is 61.2 Å². The van der Waals surface area contributed by atoms with Crippen LogP contribution in [0.15, 0.2) is 28.2 Å². The van der Waals surface area contributed by atoms with E-state index in [2.05, 4.69) is 31.2 Å². The molecule has 0 amide bonds. The zero-order chi connectivity index (χ0) is 6.27. The molecular weight excluding hydrogens is 171 g/mol. The van der Waals surface area contributed by atoms with Gasteiger partial charge >= 0.3 is 60.8 Å². The summed E-state index contributed by atoms with van der Waals surface area (Å²) in [5, 5.41) is 0. The molecule has 0 saturated heterocycles. The van der Waals surface area contributed by atoms with E-state index in [0.717, 1.165) is 0 Å². The molecule has 1 heterocycles. The van der Waals surface area contributed by atoms with Gasteiger partial charge in [-0.2, -0.15) is 0 Å². The molecule has 0 aromatic carbocycles. The molecule has 0 bridgehead atoms. The second-order valence-electron chi connectivity index (χ2n) is 2.15. The summed E-state index contributed by atoms with van der Waals surface area (Å²) in [6, 6.07) is 0. The van der Waals surface area contributed by atoms with Crippen LogP contribution < -0.4 is 0 Å². The van der Waals surface area contributed by atoms with Gasteiger partial charge in [0.2, 0.25) is 0 Å². The number of allylic oxidation sites excluding steroid dienone is 6. The van der Waals surface area contributed by atoms with Gasteiger partial charge < -0.3 is 0 Å². The van der Waals surface area contributed by atoms with Gasteiger partial charge in [0.05, 0.1) is 0 Å². The molecule has 0 aromatic rings. The second kappa shape index (κ2) is 1.81. The van der Waals surface area contributed by atoms with Crippen LogP contribution in [0.25, 0.3) is 0 Å². The van der Waals surface area contributed by atoms with Gasteiger partial charge in [0.1, 0.15) is 0 Å². The summed E-state index contributed by atoms with van der Waals surface area (Å²) in [7, 11) is 0. The molecular formula is C8H6As. The molecule has 43 valence electrons. The van der Waals surface area contributed by atoms with E-state index in [0.29, 0.717) is 15.3 Å². The van der Waals surface area contributed by atoms with Crippen LogP contribution in [0, 0.1) is 6.08 Å². The van der Waals surface area contributed by atoms with Crippen LogP contribution in [-0.2, 0) is 0 Å².